The number of oxime groups is 1. The second kappa shape index (κ2) is 6.64. The van der Waals surface area contributed by atoms with Crippen LogP contribution in [0.15, 0.2) is 29.4 Å². The van der Waals surface area contributed by atoms with Crippen LogP contribution in [0.4, 0.5) is 0 Å². The smallest absolute Gasteiger partial charge is 0.260 e. The van der Waals surface area contributed by atoms with Gasteiger partial charge in [0.1, 0.15) is 5.75 Å². The Hall–Kier alpha value is -2.04. The summed E-state index contributed by atoms with van der Waals surface area (Å²) >= 11 is 0. The predicted molar refractivity (Wildman–Crippen MR) is 69.2 cm³/mol. The molecule has 0 aliphatic carbocycles. The van der Waals surface area contributed by atoms with Crippen LogP contribution < -0.4 is 4.74 Å². The Balaban J connectivity index is 2.57. The second-order valence-corrected chi connectivity index (χ2v) is 3.91. The Kier molecular flexibility index (Phi) is 5.17. The van der Waals surface area contributed by atoms with E-state index in [9.17, 15) is 4.79 Å². The van der Waals surface area contributed by atoms with E-state index in [-0.39, 0.29) is 12.5 Å². The Labute approximate surface area is 107 Å². The highest BCUT2D eigenvalue weighted by molar-refractivity contribution is 5.98. The standard InChI is InChI=1S/C13H18N2O3/c1-4-15(3)13(16)9-18-12-7-5-11(6-8-12)10(2)14-17/h5-8,17H,4,9H2,1-3H3/b14-10+. The highest BCUT2D eigenvalue weighted by Crippen LogP contribution is 2.12. The molecule has 5 nitrogen and oxygen atoms in total. The van der Waals surface area contributed by atoms with Crippen molar-refractivity contribution >= 4 is 11.6 Å². The van der Waals surface area contributed by atoms with Crippen molar-refractivity contribution in [2.45, 2.75) is 13.8 Å². The number of likely N-dealkylation sites (N-methyl/N-ethyl adjacent to an activating group) is 1. The third kappa shape index (κ3) is 3.76. The molecular formula is C13H18N2O3. The van der Waals surface area contributed by atoms with Gasteiger partial charge in [-0.1, -0.05) is 5.16 Å². The van der Waals surface area contributed by atoms with Crippen LogP contribution in [-0.4, -0.2) is 41.9 Å². The van der Waals surface area contributed by atoms with Crippen molar-refractivity contribution in [1.29, 1.82) is 0 Å². The quantitative estimate of drug-likeness (QED) is 0.492. The Morgan fingerprint density at radius 1 is 1.39 bits per heavy atom. The molecule has 1 rings (SSSR count). The molecule has 0 aliphatic heterocycles. The van der Waals surface area contributed by atoms with E-state index < -0.39 is 0 Å². The highest BCUT2D eigenvalue weighted by Gasteiger charge is 2.07. The lowest BCUT2D eigenvalue weighted by Gasteiger charge is -2.14. The average Bonchev–Trinajstić information content (AvgIpc) is 2.43. The summed E-state index contributed by atoms with van der Waals surface area (Å²) in [7, 11) is 1.73. The van der Waals surface area contributed by atoms with Crippen LogP contribution in [0.3, 0.4) is 0 Å². The molecular weight excluding hydrogens is 232 g/mol. The van der Waals surface area contributed by atoms with Gasteiger partial charge in [0.25, 0.3) is 5.91 Å². The summed E-state index contributed by atoms with van der Waals surface area (Å²) in [5.41, 5.74) is 1.34. The van der Waals surface area contributed by atoms with E-state index in [4.69, 9.17) is 9.94 Å². The molecule has 1 aromatic carbocycles. The number of amides is 1. The molecule has 0 heterocycles. The molecule has 0 atom stereocenters. The molecule has 1 N–H and O–H groups in total. The van der Waals surface area contributed by atoms with Crippen LogP contribution in [0.2, 0.25) is 0 Å². The van der Waals surface area contributed by atoms with Gasteiger partial charge in [0.05, 0.1) is 5.71 Å². The van der Waals surface area contributed by atoms with Crippen LogP contribution >= 0.6 is 0 Å². The molecule has 0 fully saturated rings. The van der Waals surface area contributed by atoms with Crippen LogP contribution in [0.5, 0.6) is 5.75 Å². The number of hydrogen-bond acceptors (Lipinski definition) is 4. The maximum atomic E-state index is 11.5. The summed E-state index contributed by atoms with van der Waals surface area (Å²) in [6, 6.07) is 7.03. The molecule has 0 saturated heterocycles. The van der Waals surface area contributed by atoms with E-state index in [0.717, 1.165) is 5.56 Å². The van der Waals surface area contributed by atoms with Gasteiger partial charge in [-0.3, -0.25) is 4.79 Å². The molecule has 0 bridgehead atoms. The summed E-state index contributed by atoms with van der Waals surface area (Å²) < 4.78 is 5.37. The van der Waals surface area contributed by atoms with E-state index in [1.54, 1.807) is 43.1 Å². The van der Waals surface area contributed by atoms with Crippen LogP contribution in [0.1, 0.15) is 19.4 Å². The summed E-state index contributed by atoms with van der Waals surface area (Å²) in [4.78, 5) is 13.1. The molecule has 0 unspecified atom stereocenters. The van der Waals surface area contributed by atoms with Crippen molar-refractivity contribution in [2.24, 2.45) is 5.16 Å². The number of carbonyl (C=O) groups is 1. The first-order valence-corrected chi connectivity index (χ1v) is 5.74. The second-order valence-electron chi connectivity index (χ2n) is 3.91. The number of nitrogens with zero attached hydrogens (tertiary/aromatic N) is 2. The minimum Gasteiger partial charge on any atom is -0.484 e. The molecule has 1 aromatic rings. The summed E-state index contributed by atoms with van der Waals surface area (Å²) in [5.74, 6) is 0.553. The number of carbonyl (C=O) groups excluding carboxylic acids is 1. The Morgan fingerprint density at radius 2 is 2.00 bits per heavy atom. The lowest BCUT2D eigenvalue weighted by molar-refractivity contribution is -0.131. The largest absolute Gasteiger partial charge is 0.484 e. The van der Waals surface area contributed by atoms with Crippen molar-refractivity contribution in [2.75, 3.05) is 20.2 Å². The minimum atomic E-state index is -0.0605. The molecule has 98 valence electrons. The monoisotopic (exact) mass is 250 g/mol. The number of hydrogen-bond donors (Lipinski definition) is 1. The SMILES string of the molecule is CCN(C)C(=O)COc1ccc(/C(C)=N/O)cc1. The van der Waals surface area contributed by atoms with Crippen molar-refractivity contribution in [3.63, 3.8) is 0 Å². The maximum Gasteiger partial charge on any atom is 0.260 e. The van der Waals surface area contributed by atoms with Crippen LogP contribution in [-0.2, 0) is 4.79 Å². The van der Waals surface area contributed by atoms with E-state index in [1.807, 2.05) is 6.92 Å². The van der Waals surface area contributed by atoms with Crippen LogP contribution in [0.25, 0.3) is 0 Å². The van der Waals surface area contributed by atoms with Gasteiger partial charge in [-0.15, -0.1) is 0 Å². The van der Waals surface area contributed by atoms with Crippen LogP contribution in [0, 0.1) is 0 Å². The predicted octanol–water partition coefficient (Wildman–Crippen LogP) is 1.74. The lowest BCUT2D eigenvalue weighted by atomic mass is 10.1. The van der Waals surface area contributed by atoms with E-state index in [1.165, 1.54) is 0 Å². The third-order valence-electron chi connectivity index (χ3n) is 2.68. The topological polar surface area (TPSA) is 62.1 Å². The van der Waals surface area contributed by atoms with Gasteiger partial charge in [-0.25, -0.2) is 0 Å². The fourth-order valence-corrected chi connectivity index (χ4v) is 1.28. The average molecular weight is 250 g/mol. The zero-order valence-corrected chi connectivity index (χ0v) is 10.9. The zero-order chi connectivity index (χ0) is 13.5. The molecule has 0 radical (unpaired) electrons. The van der Waals surface area contributed by atoms with E-state index in [0.29, 0.717) is 18.0 Å². The van der Waals surface area contributed by atoms with Crippen molar-refractivity contribution in [3.05, 3.63) is 29.8 Å². The molecule has 0 aromatic heterocycles. The lowest BCUT2D eigenvalue weighted by Crippen LogP contribution is -2.31. The van der Waals surface area contributed by atoms with Crippen molar-refractivity contribution in [3.8, 4) is 5.75 Å². The fraction of sp³-hybridized carbons (Fsp3) is 0.385. The van der Waals surface area contributed by atoms with Gasteiger partial charge in [0.15, 0.2) is 6.61 Å². The maximum absolute atomic E-state index is 11.5. The third-order valence-corrected chi connectivity index (χ3v) is 2.68. The van der Waals surface area contributed by atoms with Crippen molar-refractivity contribution in [1.82, 2.24) is 4.90 Å². The Morgan fingerprint density at radius 3 is 2.50 bits per heavy atom. The van der Waals surface area contributed by atoms with Gasteiger partial charge in [0.2, 0.25) is 0 Å². The first-order chi connectivity index (χ1) is 8.58. The first-order valence-electron chi connectivity index (χ1n) is 5.74. The molecule has 0 aliphatic rings. The molecule has 18 heavy (non-hydrogen) atoms. The zero-order valence-electron chi connectivity index (χ0n) is 10.9. The summed E-state index contributed by atoms with van der Waals surface area (Å²) in [6.45, 7) is 4.29. The van der Waals surface area contributed by atoms with Gasteiger partial charge in [-0.05, 0) is 43.7 Å². The first kappa shape index (κ1) is 14.0. The van der Waals surface area contributed by atoms with Gasteiger partial charge in [0, 0.05) is 13.6 Å². The summed E-state index contributed by atoms with van der Waals surface area (Å²) in [6.07, 6.45) is 0. The molecule has 0 saturated carbocycles. The Bertz CT molecular complexity index is 426. The minimum absolute atomic E-state index is 0.0246. The molecule has 0 spiro atoms. The van der Waals surface area contributed by atoms with Gasteiger partial charge in [-0.2, -0.15) is 0 Å². The number of ether oxygens (including phenoxy) is 1. The van der Waals surface area contributed by atoms with E-state index in [2.05, 4.69) is 5.16 Å². The van der Waals surface area contributed by atoms with Crippen molar-refractivity contribution < 1.29 is 14.7 Å². The highest BCUT2D eigenvalue weighted by atomic mass is 16.5. The summed E-state index contributed by atoms with van der Waals surface area (Å²) in [5, 5.41) is 11.7. The normalized spacial score (nSPS) is 11.2. The number of rotatable bonds is 5. The van der Waals surface area contributed by atoms with Gasteiger partial charge >= 0.3 is 0 Å². The van der Waals surface area contributed by atoms with E-state index >= 15 is 0 Å². The molecule has 5 heteroatoms. The van der Waals surface area contributed by atoms with Gasteiger partial charge < -0.3 is 14.8 Å². The fourth-order valence-electron chi connectivity index (χ4n) is 1.28. The number of benzene rings is 1. The molecule has 1 amide bonds.